The van der Waals surface area contributed by atoms with Crippen LogP contribution in [0.4, 0.5) is 0 Å². The van der Waals surface area contributed by atoms with Gasteiger partial charge in [0.1, 0.15) is 0 Å². The first-order valence-corrected chi connectivity index (χ1v) is 11.9. The first-order valence-electron chi connectivity index (χ1n) is 10.1. The number of hydrogen-bond donors (Lipinski definition) is 2. The normalized spacial score (nSPS) is 18.0. The fraction of sp³-hybridized carbons (Fsp3) is 0.650. The van der Waals surface area contributed by atoms with Crippen molar-refractivity contribution in [1.29, 1.82) is 0 Å². The highest BCUT2D eigenvalue weighted by Crippen LogP contribution is 2.28. The smallest absolute Gasteiger partial charge is 0.191 e. The summed E-state index contributed by atoms with van der Waals surface area (Å²) in [6, 6.07) is 6.01. The topological polar surface area (TPSA) is 89.0 Å². The number of rotatable bonds is 10. The molecule has 29 heavy (non-hydrogen) atoms. The van der Waals surface area contributed by atoms with Crippen LogP contribution in [-0.4, -0.2) is 58.7 Å². The zero-order valence-corrected chi connectivity index (χ0v) is 20.7. The molecule has 7 nitrogen and oxygen atoms in total. The van der Waals surface area contributed by atoms with E-state index in [9.17, 15) is 8.42 Å². The molecule has 2 N–H and O–H groups in total. The molecule has 0 amide bonds. The van der Waals surface area contributed by atoms with Gasteiger partial charge in [0.05, 0.1) is 24.7 Å². The molecule has 1 saturated heterocycles. The van der Waals surface area contributed by atoms with E-state index < -0.39 is 9.84 Å². The van der Waals surface area contributed by atoms with Crippen LogP contribution >= 0.6 is 24.0 Å². The maximum atomic E-state index is 11.6. The van der Waals surface area contributed by atoms with Crippen molar-refractivity contribution in [3.05, 3.63) is 23.8 Å². The van der Waals surface area contributed by atoms with E-state index >= 15 is 0 Å². The Morgan fingerprint density at radius 3 is 2.48 bits per heavy atom. The molecule has 9 heteroatoms. The molecule has 0 aliphatic carbocycles. The third-order valence-corrected chi connectivity index (χ3v) is 6.33. The first kappa shape index (κ1) is 25.8. The number of halogens is 1. The van der Waals surface area contributed by atoms with Crippen molar-refractivity contribution in [2.24, 2.45) is 10.9 Å². The van der Waals surface area contributed by atoms with Crippen LogP contribution in [0.1, 0.15) is 32.8 Å². The Morgan fingerprint density at radius 2 is 1.86 bits per heavy atom. The fourth-order valence-electron chi connectivity index (χ4n) is 3.15. The van der Waals surface area contributed by atoms with Gasteiger partial charge in [-0.15, -0.1) is 24.0 Å². The molecule has 1 aromatic rings. The summed E-state index contributed by atoms with van der Waals surface area (Å²) in [4.78, 5) is 4.56. The third-order valence-electron chi connectivity index (χ3n) is 4.49. The van der Waals surface area contributed by atoms with E-state index in [2.05, 4.69) is 15.6 Å². The van der Waals surface area contributed by atoms with Crippen molar-refractivity contribution in [3.8, 4) is 11.5 Å². The van der Waals surface area contributed by atoms with Gasteiger partial charge in [-0.3, -0.25) is 4.99 Å². The highest BCUT2D eigenvalue weighted by molar-refractivity contribution is 14.0. The molecular formula is C20H34IN3O4S. The quantitative estimate of drug-likeness (QED) is 0.270. The molecule has 1 fully saturated rings. The second kappa shape index (κ2) is 13.1. The first-order chi connectivity index (χ1) is 13.5. The minimum atomic E-state index is -2.86. The number of benzene rings is 1. The Balaban J connectivity index is 0.00000420. The largest absolute Gasteiger partial charge is 0.490 e. The van der Waals surface area contributed by atoms with E-state index in [4.69, 9.17) is 9.47 Å². The second-order valence-electron chi connectivity index (χ2n) is 6.81. The van der Waals surface area contributed by atoms with Crippen molar-refractivity contribution < 1.29 is 17.9 Å². The van der Waals surface area contributed by atoms with Crippen LogP contribution in [0, 0.1) is 5.92 Å². The highest BCUT2D eigenvalue weighted by atomic mass is 127. The number of guanidine groups is 1. The van der Waals surface area contributed by atoms with Gasteiger partial charge in [0.25, 0.3) is 0 Å². The maximum absolute atomic E-state index is 11.6. The molecule has 1 aliphatic rings. The standard InChI is InChI=1S/C20H33N3O4S.HI/c1-4-21-20(23-14-17-10-12-28(24,25)15-17)22-11-9-16-7-8-18(26-5-2)19(13-16)27-6-3;/h7-8,13,17H,4-6,9-12,14-15H2,1-3H3,(H2,21,22,23);1H. The predicted molar refractivity (Wildman–Crippen MR) is 129 cm³/mol. The van der Waals surface area contributed by atoms with E-state index in [0.29, 0.717) is 32.7 Å². The van der Waals surface area contributed by atoms with Gasteiger partial charge in [0.15, 0.2) is 27.3 Å². The van der Waals surface area contributed by atoms with Gasteiger partial charge in [-0.1, -0.05) is 6.07 Å². The van der Waals surface area contributed by atoms with Crippen molar-refractivity contribution in [2.75, 3.05) is 44.4 Å². The van der Waals surface area contributed by atoms with Gasteiger partial charge >= 0.3 is 0 Å². The van der Waals surface area contributed by atoms with E-state index in [1.54, 1.807) is 0 Å². The molecular weight excluding hydrogens is 505 g/mol. The highest BCUT2D eigenvalue weighted by Gasteiger charge is 2.27. The Bertz CT molecular complexity index is 756. The number of nitrogens with one attached hydrogen (secondary N) is 2. The SMILES string of the molecule is CCNC(=NCC1CCS(=O)(=O)C1)NCCc1ccc(OCC)c(OCC)c1.I. The van der Waals surface area contributed by atoms with Gasteiger partial charge in [-0.2, -0.15) is 0 Å². The molecule has 2 rings (SSSR count). The molecule has 0 radical (unpaired) electrons. The maximum Gasteiger partial charge on any atom is 0.191 e. The summed E-state index contributed by atoms with van der Waals surface area (Å²) in [5.41, 5.74) is 1.15. The van der Waals surface area contributed by atoms with Crippen LogP contribution < -0.4 is 20.1 Å². The minimum absolute atomic E-state index is 0. The molecule has 0 aromatic heterocycles. The average molecular weight is 539 g/mol. The van der Waals surface area contributed by atoms with Gasteiger partial charge in [0.2, 0.25) is 0 Å². The summed E-state index contributed by atoms with van der Waals surface area (Å²) in [7, 11) is -2.86. The number of aliphatic imine (C=N–C) groups is 1. The summed E-state index contributed by atoms with van der Waals surface area (Å²) in [6.45, 7) is 9.13. The molecule has 0 bridgehead atoms. The lowest BCUT2D eigenvalue weighted by Gasteiger charge is -2.14. The molecule has 1 atom stereocenters. The molecule has 1 heterocycles. The van der Waals surface area contributed by atoms with Crippen molar-refractivity contribution >= 4 is 39.8 Å². The van der Waals surface area contributed by atoms with Gasteiger partial charge in [0, 0.05) is 19.6 Å². The van der Waals surface area contributed by atoms with Gasteiger partial charge in [-0.05, 0) is 57.2 Å². The Hall–Kier alpha value is -1.23. The zero-order valence-electron chi connectivity index (χ0n) is 17.6. The third kappa shape index (κ3) is 8.98. The Labute approximate surface area is 192 Å². The van der Waals surface area contributed by atoms with Gasteiger partial charge in [-0.25, -0.2) is 8.42 Å². The van der Waals surface area contributed by atoms with Crippen LogP contribution in [0.2, 0.25) is 0 Å². The minimum Gasteiger partial charge on any atom is -0.490 e. The molecule has 0 saturated carbocycles. The van der Waals surface area contributed by atoms with Crippen LogP contribution in [0.5, 0.6) is 11.5 Å². The monoisotopic (exact) mass is 539 g/mol. The molecule has 166 valence electrons. The molecule has 1 aliphatic heterocycles. The zero-order chi connectivity index (χ0) is 20.4. The summed E-state index contributed by atoms with van der Waals surface area (Å²) < 4.78 is 34.4. The summed E-state index contributed by atoms with van der Waals surface area (Å²) in [5, 5.41) is 6.54. The van der Waals surface area contributed by atoms with E-state index in [1.807, 2.05) is 39.0 Å². The van der Waals surface area contributed by atoms with E-state index in [1.165, 1.54) is 0 Å². The number of nitrogens with zero attached hydrogens (tertiary/aromatic N) is 1. The van der Waals surface area contributed by atoms with Crippen molar-refractivity contribution in [1.82, 2.24) is 10.6 Å². The lowest BCUT2D eigenvalue weighted by molar-refractivity contribution is 0.287. The second-order valence-corrected chi connectivity index (χ2v) is 9.04. The summed E-state index contributed by atoms with van der Waals surface area (Å²) in [5.74, 6) is 2.93. The van der Waals surface area contributed by atoms with Crippen LogP contribution in [0.3, 0.4) is 0 Å². The number of hydrogen-bond acceptors (Lipinski definition) is 5. The summed E-state index contributed by atoms with van der Waals surface area (Å²) in [6.07, 6.45) is 1.52. The van der Waals surface area contributed by atoms with E-state index in [-0.39, 0.29) is 41.4 Å². The van der Waals surface area contributed by atoms with Crippen molar-refractivity contribution in [3.63, 3.8) is 0 Å². The lowest BCUT2D eigenvalue weighted by atomic mass is 10.1. The van der Waals surface area contributed by atoms with Crippen LogP contribution in [0.25, 0.3) is 0 Å². The van der Waals surface area contributed by atoms with E-state index in [0.717, 1.165) is 36.0 Å². The number of ether oxygens (including phenoxy) is 2. The summed E-state index contributed by atoms with van der Waals surface area (Å²) >= 11 is 0. The molecule has 0 spiro atoms. The molecule has 1 aromatic carbocycles. The number of sulfone groups is 1. The van der Waals surface area contributed by atoms with Crippen molar-refractivity contribution in [2.45, 2.75) is 33.6 Å². The van der Waals surface area contributed by atoms with Crippen LogP contribution in [-0.2, 0) is 16.3 Å². The predicted octanol–water partition coefficient (Wildman–Crippen LogP) is 2.63. The van der Waals surface area contributed by atoms with Gasteiger partial charge < -0.3 is 20.1 Å². The van der Waals surface area contributed by atoms with Crippen LogP contribution in [0.15, 0.2) is 23.2 Å². The lowest BCUT2D eigenvalue weighted by Crippen LogP contribution is -2.38. The Kier molecular flexibility index (Phi) is 11.7. The molecule has 1 unspecified atom stereocenters. The average Bonchev–Trinajstić information content (AvgIpc) is 3.01. The Morgan fingerprint density at radius 1 is 1.14 bits per heavy atom. The fourth-order valence-corrected chi connectivity index (χ4v) is 5.00.